The van der Waals surface area contributed by atoms with Crippen LogP contribution in [0.2, 0.25) is 0 Å². The molecule has 7 heteroatoms. The van der Waals surface area contributed by atoms with Crippen molar-refractivity contribution in [3.05, 3.63) is 59.7 Å². The van der Waals surface area contributed by atoms with Crippen molar-refractivity contribution in [3.8, 4) is 11.1 Å². The van der Waals surface area contributed by atoms with Gasteiger partial charge in [-0.3, -0.25) is 9.59 Å². The van der Waals surface area contributed by atoms with E-state index in [-0.39, 0.29) is 42.1 Å². The highest BCUT2D eigenvalue weighted by molar-refractivity contribution is 5.82. The molecule has 3 aliphatic carbocycles. The molecule has 2 fully saturated rings. The van der Waals surface area contributed by atoms with Gasteiger partial charge in [-0.1, -0.05) is 55.0 Å². The number of hydrogen-bond donors (Lipinski definition) is 3. The van der Waals surface area contributed by atoms with E-state index in [0.717, 1.165) is 19.3 Å². The molecular weight excluding hydrogens is 432 g/mol. The van der Waals surface area contributed by atoms with Gasteiger partial charge in [0.25, 0.3) is 0 Å². The Labute approximate surface area is 198 Å². The summed E-state index contributed by atoms with van der Waals surface area (Å²) in [7, 11) is 0. The van der Waals surface area contributed by atoms with Gasteiger partial charge < -0.3 is 20.5 Å². The normalized spacial score (nSPS) is 24.7. The van der Waals surface area contributed by atoms with Crippen LogP contribution in [0.4, 0.5) is 4.79 Å². The minimum Gasteiger partial charge on any atom is -0.481 e. The lowest BCUT2D eigenvalue weighted by Crippen LogP contribution is -2.35. The van der Waals surface area contributed by atoms with Crippen molar-refractivity contribution in [3.63, 3.8) is 0 Å². The summed E-state index contributed by atoms with van der Waals surface area (Å²) in [5, 5.41) is 15.0. The Morgan fingerprint density at radius 1 is 0.853 bits per heavy atom. The third kappa shape index (κ3) is 4.52. The molecule has 3 aliphatic rings. The van der Waals surface area contributed by atoms with Crippen molar-refractivity contribution in [1.29, 1.82) is 0 Å². The van der Waals surface area contributed by atoms with Crippen molar-refractivity contribution in [2.45, 2.75) is 31.6 Å². The third-order valence-corrected chi connectivity index (χ3v) is 7.63. The molecule has 178 valence electrons. The fourth-order valence-corrected chi connectivity index (χ4v) is 5.63. The predicted molar refractivity (Wildman–Crippen MR) is 126 cm³/mol. The van der Waals surface area contributed by atoms with E-state index < -0.39 is 12.1 Å². The lowest BCUT2D eigenvalue weighted by atomic mass is 9.96. The number of carboxylic acids is 1. The molecule has 7 nitrogen and oxygen atoms in total. The second-order valence-electron chi connectivity index (χ2n) is 9.69. The summed E-state index contributed by atoms with van der Waals surface area (Å²) in [5.41, 5.74) is 4.71. The van der Waals surface area contributed by atoms with E-state index in [9.17, 15) is 19.5 Å². The maximum atomic E-state index is 12.4. The van der Waals surface area contributed by atoms with Crippen molar-refractivity contribution in [1.82, 2.24) is 10.6 Å². The number of carbonyl (C=O) groups is 3. The Bertz CT molecular complexity index is 1050. The molecule has 0 radical (unpaired) electrons. The smallest absolute Gasteiger partial charge is 0.407 e. The highest BCUT2D eigenvalue weighted by atomic mass is 16.5. The molecule has 4 unspecified atom stereocenters. The molecule has 2 aromatic carbocycles. The molecule has 2 aromatic rings. The van der Waals surface area contributed by atoms with Gasteiger partial charge in [0, 0.05) is 24.9 Å². The molecule has 0 aromatic heterocycles. The van der Waals surface area contributed by atoms with E-state index in [1.165, 1.54) is 22.3 Å². The first-order chi connectivity index (χ1) is 16.5. The highest BCUT2D eigenvalue weighted by Gasteiger charge is 2.43. The molecule has 2 saturated carbocycles. The van der Waals surface area contributed by atoms with Crippen LogP contribution in [0.15, 0.2) is 48.5 Å². The molecule has 34 heavy (non-hydrogen) atoms. The first kappa shape index (κ1) is 22.4. The van der Waals surface area contributed by atoms with Crippen LogP contribution in [0.1, 0.15) is 42.7 Å². The topological polar surface area (TPSA) is 105 Å². The molecule has 0 spiro atoms. The summed E-state index contributed by atoms with van der Waals surface area (Å²) < 4.78 is 5.56. The summed E-state index contributed by atoms with van der Waals surface area (Å²) in [6.07, 6.45) is 2.68. The Morgan fingerprint density at radius 2 is 1.50 bits per heavy atom. The Balaban J connectivity index is 1.06. The van der Waals surface area contributed by atoms with Gasteiger partial charge >= 0.3 is 12.1 Å². The summed E-state index contributed by atoms with van der Waals surface area (Å²) >= 11 is 0. The van der Waals surface area contributed by atoms with E-state index in [2.05, 4.69) is 34.9 Å². The minimum atomic E-state index is -0.770. The maximum Gasteiger partial charge on any atom is 0.407 e. The van der Waals surface area contributed by atoms with Crippen LogP contribution in [0.3, 0.4) is 0 Å². The lowest BCUT2D eigenvalue weighted by molar-refractivity contribution is -0.143. The molecule has 2 amide bonds. The van der Waals surface area contributed by atoms with Crippen LogP contribution in [-0.2, 0) is 14.3 Å². The Morgan fingerprint density at radius 3 is 2.18 bits per heavy atom. The molecule has 0 saturated heterocycles. The number of carbonyl (C=O) groups excluding carboxylic acids is 2. The van der Waals surface area contributed by atoms with Crippen LogP contribution < -0.4 is 10.6 Å². The van der Waals surface area contributed by atoms with E-state index in [1.807, 2.05) is 24.3 Å². The summed E-state index contributed by atoms with van der Waals surface area (Å²) in [5.74, 6) is -1.17. The number of aliphatic carboxylic acids is 1. The monoisotopic (exact) mass is 462 g/mol. The fourth-order valence-electron chi connectivity index (χ4n) is 5.63. The van der Waals surface area contributed by atoms with E-state index in [1.54, 1.807) is 0 Å². The average Bonchev–Trinajstić information content (AvgIpc) is 3.34. The molecule has 4 atom stereocenters. The van der Waals surface area contributed by atoms with Crippen LogP contribution in [0.5, 0.6) is 0 Å². The average molecular weight is 463 g/mol. The zero-order valence-electron chi connectivity index (χ0n) is 19.0. The maximum absolute atomic E-state index is 12.4. The standard InChI is InChI=1S/C27H30N2O5/c30-25(28-13-16-6-5-11-18(16)26(31)32)23-12-17(23)14-29-27(33)34-15-24-21-9-3-1-7-19(21)20-8-2-4-10-22(20)24/h1-4,7-10,16-18,23-24H,5-6,11-15H2,(H,28,30)(H,29,33)(H,31,32). The SMILES string of the molecule is O=C(NCC1CC1C(=O)NCC1CCCC1C(=O)O)OCC1c2ccccc2-c2ccccc21. The molecule has 0 heterocycles. The largest absolute Gasteiger partial charge is 0.481 e. The molecule has 0 bridgehead atoms. The molecular formula is C27H30N2O5. The quantitative estimate of drug-likeness (QED) is 0.554. The second kappa shape index (κ2) is 9.49. The van der Waals surface area contributed by atoms with Gasteiger partial charge in [0.1, 0.15) is 6.61 Å². The summed E-state index contributed by atoms with van der Waals surface area (Å²) in [4.78, 5) is 36.1. The van der Waals surface area contributed by atoms with Crippen molar-refractivity contribution in [2.24, 2.45) is 23.7 Å². The van der Waals surface area contributed by atoms with Gasteiger partial charge in [-0.2, -0.15) is 0 Å². The van der Waals surface area contributed by atoms with Crippen LogP contribution in [0.25, 0.3) is 11.1 Å². The van der Waals surface area contributed by atoms with Gasteiger partial charge in [0.05, 0.1) is 5.92 Å². The van der Waals surface area contributed by atoms with E-state index >= 15 is 0 Å². The molecule has 3 N–H and O–H groups in total. The van der Waals surface area contributed by atoms with Gasteiger partial charge in [-0.05, 0) is 53.4 Å². The summed E-state index contributed by atoms with van der Waals surface area (Å²) in [6, 6.07) is 16.4. The van der Waals surface area contributed by atoms with Gasteiger partial charge in [-0.15, -0.1) is 0 Å². The van der Waals surface area contributed by atoms with Crippen molar-refractivity contribution >= 4 is 18.0 Å². The second-order valence-corrected chi connectivity index (χ2v) is 9.69. The number of hydrogen-bond acceptors (Lipinski definition) is 4. The van der Waals surface area contributed by atoms with Crippen LogP contribution in [-0.4, -0.2) is 42.8 Å². The van der Waals surface area contributed by atoms with E-state index in [4.69, 9.17) is 4.74 Å². The highest BCUT2D eigenvalue weighted by Crippen LogP contribution is 2.44. The number of nitrogens with one attached hydrogen (secondary N) is 2. The van der Waals surface area contributed by atoms with Crippen molar-refractivity contribution < 1.29 is 24.2 Å². The van der Waals surface area contributed by atoms with Crippen LogP contribution in [0, 0.1) is 23.7 Å². The van der Waals surface area contributed by atoms with Crippen LogP contribution >= 0.6 is 0 Å². The predicted octanol–water partition coefficient (Wildman–Crippen LogP) is 3.78. The van der Waals surface area contributed by atoms with Gasteiger partial charge in [-0.25, -0.2) is 4.79 Å². The number of rotatable bonds is 8. The van der Waals surface area contributed by atoms with Gasteiger partial charge in [0.2, 0.25) is 5.91 Å². The fraction of sp³-hybridized carbons (Fsp3) is 0.444. The Hall–Kier alpha value is -3.35. The van der Waals surface area contributed by atoms with Gasteiger partial charge in [0.15, 0.2) is 0 Å². The van der Waals surface area contributed by atoms with E-state index in [0.29, 0.717) is 19.5 Å². The zero-order chi connectivity index (χ0) is 23.7. The molecule has 0 aliphatic heterocycles. The number of alkyl carbamates (subject to hydrolysis) is 1. The minimum absolute atomic E-state index is 0.0117. The number of ether oxygens (including phenoxy) is 1. The first-order valence-corrected chi connectivity index (χ1v) is 12.1. The number of amides is 2. The summed E-state index contributed by atoms with van der Waals surface area (Å²) in [6.45, 7) is 1.08. The molecule has 5 rings (SSSR count). The number of carboxylic acid groups (broad SMARTS) is 1. The van der Waals surface area contributed by atoms with Crippen molar-refractivity contribution in [2.75, 3.05) is 19.7 Å². The zero-order valence-corrected chi connectivity index (χ0v) is 19.0. The third-order valence-electron chi connectivity index (χ3n) is 7.63. The number of fused-ring (bicyclic) bond motifs is 3. The lowest BCUT2D eigenvalue weighted by Gasteiger charge is -2.16. The number of benzene rings is 2. The first-order valence-electron chi connectivity index (χ1n) is 12.1. The Kier molecular flexibility index (Phi) is 6.26.